The van der Waals surface area contributed by atoms with Crippen LogP contribution >= 0.6 is 0 Å². The van der Waals surface area contributed by atoms with Crippen LogP contribution in [0.5, 0.6) is 0 Å². The first kappa shape index (κ1) is 14.8. The minimum absolute atomic E-state index is 0.0242. The second kappa shape index (κ2) is 7.95. The maximum absolute atomic E-state index is 11.8. The van der Waals surface area contributed by atoms with Gasteiger partial charge in [0.1, 0.15) is 0 Å². The summed E-state index contributed by atoms with van der Waals surface area (Å²) in [6, 6.07) is 0. The van der Waals surface area contributed by atoms with E-state index >= 15 is 0 Å². The van der Waals surface area contributed by atoms with Gasteiger partial charge >= 0.3 is 5.97 Å². The molecule has 0 bridgehead atoms. The Morgan fingerprint density at radius 3 is 2.61 bits per heavy atom. The molecular weight excluding hydrogens is 230 g/mol. The van der Waals surface area contributed by atoms with Crippen molar-refractivity contribution in [3.8, 4) is 0 Å². The van der Waals surface area contributed by atoms with Gasteiger partial charge in [0.2, 0.25) is 0 Å². The zero-order valence-electron chi connectivity index (χ0n) is 11.2. The molecule has 0 spiro atoms. The molecule has 0 unspecified atom stereocenters. The Morgan fingerprint density at radius 2 is 2.06 bits per heavy atom. The summed E-state index contributed by atoms with van der Waals surface area (Å²) < 4.78 is 5.25. The first-order chi connectivity index (χ1) is 8.63. The minimum atomic E-state index is -0.0265. The highest BCUT2D eigenvalue weighted by molar-refractivity contribution is 5.74. The molecule has 0 heterocycles. The van der Waals surface area contributed by atoms with Gasteiger partial charge < -0.3 is 15.8 Å². The fourth-order valence-corrected chi connectivity index (χ4v) is 2.29. The van der Waals surface area contributed by atoms with Crippen molar-refractivity contribution < 1.29 is 9.53 Å². The van der Waals surface area contributed by atoms with E-state index in [4.69, 9.17) is 15.9 Å². The van der Waals surface area contributed by atoms with Gasteiger partial charge in [-0.25, -0.2) is 0 Å². The molecule has 0 atom stereocenters. The fraction of sp³-hybridized carbons (Fsp3) is 0.846. The molecule has 1 saturated carbocycles. The van der Waals surface area contributed by atoms with Crippen LogP contribution in [0.3, 0.4) is 0 Å². The van der Waals surface area contributed by atoms with Crippen LogP contribution in [0, 0.1) is 17.2 Å². The van der Waals surface area contributed by atoms with Gasteiger partial charge in [-0.2, -0.15) is 0 Å². The number of ether oxygens (including phenoxy) is 1. The highest BCUT2D eigenvalue weighted by atomic mass is 16.5. The number of carbonyl (C=O) groups excluding carboxylic acids is 1. The van der Waals surface area contributed by atoms with E-state index in [0.717, 1.165) is 45.1 Å². The molecule has 1 fully saturated rings. The lowest BCUT2D eigenvalue weighted by Crippen LogP contribution is -2.36. The quantitative estimate of drug-likeness (QED) is 0.291. The summed E-state index contributed by atoms with van der Waals surface area (Å²) in [7, 11) is 0. The highest BCUT2D eigenvalue weighted by Crippen LogP contribution is 2.29. The van der Waals surface area contributed by atoms with E-state index in [0.29, 0.717) is 12.5 Å². The second-order valence-electron chi connectivity index (χ2n) is 5.03. The normalized spacial score (nSPS) is 23.4. The maximum atomic E-state index is 11.8. The van der Waals surface area contributed by atoms with Crippen LogP contribution < -0.4 is 11.1 Å². The summed E-state index contributed by atoms with van der Waals surface area (Å²) in [4.78, 5) is 11.8. The first-order valence-corrected chi connectivity index (χ1v) is 6.88. The molecule has 1 rings (SSSR count). The summed E-state index contributed by atoms with van der Waals surface area (Å²) in [6.45, 7) is 3.38. The largest absolute Gasteiger partial charge is 0.465 e. The molecular formula is C13H25N3O2. The molecule has 0 aliphatic heterocycles. The number of rotatable bonds is 6. The van der Waals surface area contributed by atoms with Crippen LogP contribution in [0.4, 0.5) is 0 Å². The SMILES string of the molecule is CCCCOC(=O)C1CCC(CNC(=N)N)CC1. The lowest BCUT2D eigenvalue weighted by molar-refractivity contribution is -0.150. The molecule has 5 nitrogen and oxygen atoms in total. The van der Waals surface area contributed by atoms with E-state index in [1.807, 2.05) is 0 Å². The number of carbonyl (C=O) groups is 1. The zero-order chi connectivity index (χ0) is 13.4. The van der Waals surface area contributed by atoms with Crippen LogP contribution in [-0.2, 0) is 9.53 Å². The van der Waals surface area contributed by atoms with Crippen molar-refractivity contribution in [2.45, 2.75) is 45.4 Å². The van der Waals surface area contributed by atoms with Crippen molar-refractivity contribution in [3.63, 3.8) is 0 Å². The van der Waals surface area contributed by atoms with Gasteiger partial charge in [-0.05, 0) is 38.0 Å². The Bertz CT molecular complexity index is 273. The standard InChI is InChI=1S/C13H25N3O2/c1-2-3-8-18-12(17)11-6-4-10(5-7-11)9-16-13(14)15/h10-11H,2-9H2,1H3,(H4,14,15,16). The fourth-order valence-electron chi connectivity index (χ4n) is 2.29. The molecule has 1 aliphatic carbocycles. The smallest absolute Gasteiger partial charge is 0.308 e. The number of hydrogen-bond acceptors (Lipinski definition) is 3. The molecule has 0 aromatic heterocycles. The van der Waals surface area contributed by atoms with Crippen LogP contribution in [-0.4, -0.2) is 25.1 Å². The van der Waals surface area contributed by atoms with Crippen molar-refractivity contribution in [3.05, 3.63) is 0 Å². The van der Waals surface area contributed by atoms with Crippen molar-refractivity contribution in [1.29, 1.82) is 5.41 Å². The number of guanidine groups is 1. The molecule has 4 N–H and O–H groups in total. The Morgan fingerprint density at radius 1 is 1.39 bits per heavy atom. The van der Waals surface area contributed by atoms with Gasteiger partial charge in [-0.15, -0.1) is 0 Å². The number of nitrogens with two attached hydrogens (primary N) is 1. The monoisotopic (exact) mass is 255 g/mol. The molecule has 0 aromatic rings. The van der Waals surface area contributed by atoms with Crippen LogP contribution in [0.2, 0.25) is 0 Å². The molecule has 18 heavy (non-hydrogen) atoms. The van der Waals surface area contributed by atoms with Crippen molar-refractivity contribution >= 4 is 11.9 Å². The van der Waals surface area contributed by atoms with E-state index in [9.17, 15) is 4.79 Å². The summed E-state index contributed by atoms with van der Waals surface area (Å²) in [6.07, 6.45) is 5.81. The van der Waals surface area contributed by atoms with E-state index in [2.05, 4.69) is 12.2 Å². The molecule has 5 heteroatoms. The lowest BCUT2D eigenvalue weighted by atomic mass is 9.82. The number of nitrogens with one attached hydrogen (secondary N) is 2. The van der Waals surface area contributed by atoms with Gasteiger partial charge in [-0.3, -0.25) is 10.2 Å². The van der Waals surface area contributed by atoms with E-state index in [-0.39, 0.29) is 17.8 Å². The van der Waals surface area contributed by atoms with E-state index < -0.39 is 0 Å². The van der Waals surface area contributed by atoms with Crippen LogP contribution in [0.1, 0.15) is 45.4 Å². The van der Waals surface area contributed by atoms with Crippen LogP contribution in [0.15, 0.2) is 0 Å². The van der Waals surface area contributed by atoms with Gasteiger partial charge in [0.15, 0.2) is 5.96 Å². The van der Waals surface area contributed by atoms with E-state index in [1.54, 1.807) is 0 Å². The predicted molar refractivity (Wildman–Crippen MR) is 71.2 cm³/mol. The molecule has 0 saturated heterocycles. The summed E-state index contributed by atoms with van der Waals surface area (Å²) >= 11 is 0. The summed E-state index contributed by atoms with van der Waals surface area (Å²) in [5.74, 6) is 0.599. The third-order valence-corrected chi connectivity index (χ3v) is 3.50. The third-order valence-electron chi connectivity index (χ3n) is 3.50. The molecule has 104 valence electrons. The van der Waals surface area contributed by atoms with Gasteiger partial charge in [0, 0.05) is 6.54 Å². The highest BCUT2D eigenvalue weighted by Gasteiger charge is 2.27. The number of hydrogen-bond donors (Lipinski definition) is 3. The van der Waals surface area contributed by atoms with Gasteiger partial charge in [0.25, 0.3) is 0 Å². The first-order valence-electron chi connectivity index (χ1n) is 6.88. The molecule has 0 radical (unpaired) electrons. The third kappa shape index (κ3) is 5.38. The van der Waals surface area contributed by atoms with Gasteiger partial charge in [0.05, 0.1) is 12.5 Å². The Balaban J connectivity index is 2.17. The molecule has 0 aromatic carbocycles. The summed E-state index contributed by atoms with van der Waals surface area (Å²) in [5, 5.41) is 9.95. The zero-order valence-corrected chi connectivity index (χ0v) is 11.2. The Kier molecular flexibility index (Phi) is 6.54. The second-order valence-corrected chi connectivity index (χ2v) is 5.03. The topological polar surface area (TPSA) is 88.2 Å². The number of esters is 1. The van der Waals surface area contributed by atoms with Crippen molar-refractivity contribution in [1.82, 2.24) is 5.32 Å². The molecule has 1 aliphatic rings. The van der Waals surface area contributed by atoms with Gasteiger partial charge in [-0.1, -0.05) is 13.3 Å². The number of unbranched alkanes of at least 4 members (excludes halogenated alkanes) is 1. The summed E-state index contributed by atoms with van der Waals surface area (Å²) in [5.41, 5.74) is 5.25. The van der Waals surface area contributed by atoms with Crippen molar-refractivity contribution in [2.75, 3.05) is 13.2 Å². The lowest BCUT2D eigenvalue weighted by Gasteiger charge is -2.27. The van der Waals surface area contributed by atoms with Crippen molar-refractivity contribution in [2.24, 2.45) is 17.6 Å². The van der Waals surface area contributed by atoms with Crippen LogP contribution in [0.25, 0.3) is 0 Å². The molecule has 0 amide bonds. The minimum Gasteiger partial charge on any atom is -0.465 e. The predicted octanol–water partition coefficient (Wildman–Crippen LogP) is 1.62. The van der Waals surface area contributed by atoms with E-state index in [1.165, 1.54) is 0 Å². The Hall–Kier alpha value is -1.26. The maximum Gasteiger partial charge on any atom is 0.308 e. The average molecular weight is 255 g/mol. The Labute approximate surface area is 109 Å². The average Bonchev–Trinajstić information content (AvgIpc) is 2.37.